The number of hydrazone groups is 1. The Morgan fingerprint density at radius 3 is 2.45 bits per heavy atom. The molecule has 2 aromatic heterocycles. The number of hydrogen-bond acceptors (Lipinski definition) is 2. The predicted octanol–water partition coefficient (Wildman–Crippen LogP) is 5.99. The molecule has 0 aliphatic heterocycles. The van der Waals surface area contributed by atoms with Gasteiger partial charge in [-0.1, -0.05) is 37.6 Å². The number of nitrogens with zero attached hydrogens (tertiary/aromatic N) is 3. The number of unbranched alkanes of at least 4 members (excludes halogenated alkanes) is 1. The highest BCUT2D eigenvalue weighted by Crippen LogP contribution is 2.21. The number of aryl methyl sites for hydroxylation is 2. The van der Waals surface area contributed by atoms with Gasteiger partial charge in [0.15, 0.2) is 0 Å². The summed E-state index contributed by atoms with van der Waals surface area (Å²) in [7, 11) is 0. The van der Waals surface area contributed by atoms with Crippen LogP contribution in [0.3, 0.4) is 0 Å². The van der Waals surface area contributed by atoms with Crippen LogP contribution < -0.4 is 5.43 Å². The fourth-order valence-corrected chi connectivity index (χ4v) is 4.11. The highest BCUT2D eigenvalue weighted by atomic mass is 16.2. The van der Waals surface area contributed by atoms with E-state index >= 15 is 0 Å². The van der Waals surface area contributed by atoms with Crippen LogP contribution in [0.1, 0.15) is 52.6 Å². The normalized spacial score (nSPS) is 11.2. The molecule has 5 heteroatoms. The lowest BCUT2D eigenvalue weighted by molar-refractivity contribution is 0.0955. The minimum absolute atomic E-state index is 0.243. The molecule has 0 saturated heterocycles. The van der Waals surface area contributed by atoms with Crippen LogP contribution in [0.4, 0.5) is 0 Å². The lowest BCUT2D eigenvalue weighted by atomic mass is 10.1. The molecule has 4 rings (SSSR count). The van der Waals surface area contributed by atoms with E-state index in [9.17, 15) is 4.79 Å². The Morgan fingerprint density at radius 1 is 1.00 bits per heavy atom. The van der Waals surface area contributed by atoms with Crippen LogP contribution in [0.25, 0.3) is 11.4 Å². The van der Waals surface area contributed by atoms with Crippen LogP contribution in [0.2, 0.25) is 0 Å². The molecular formula is C28H30N4O. The lowest BCUT2D eigenvalue weighted by Gasteiger charge is -2.11. The molecule has 33 heavy (non-hydrogen) atoms. The molecule has 1 amide bonds. The number of nitrogens with one attached hydrogen (secondary N) is 1. The number of benzene rings is 2. The average molecular weight is 439 g/mol. The zero-order valence-corrected chi connectivity index (χ0v) is 19.5. The van der Waals surface area contributed by atoms with Crippen molar-refractivity contribution in [2.24, 2.45) is 5.10 Å². The summed E-state index contributed by atoms with van der Waals surface area (Å²) in [5, 5.41) is 4.25. The Balaban J connectivity index is 1.50. The molecule has 0 unspecified atom stereocenters. The molecule has 2 heterocycles. The number of para-hydroxylation sites is 1. The quantitative estimate of drug-likeness (QED) is 0.267. The predicted molar refractivity (Wildman–Crippen MR) is 135 cm³/mol. The van der Waals surface area contributed by atoms with Gasteiger partial charge in [-0.3, -0.25) is 4.79 Å². The van der Waals surface area contributed by atoms with Crippen molar-refractivity contribution < 1.29 is 4.79 Å². The largest absolute Gasteiger partial charge is 0.323 e. The van der Waals surface area contributed by atoms with Crippen LogP contribution in [-0.2, 0) is 6.42 Å². The van der Waals surface area contributed by atoms with E-state index in [-0.39, 0.29) is 5.91 Å². The molecule has 0 fully saturated rings. The van der Waals surface area contributed by atoms with Crippen LogP contribution in [0.15, 0.2) is 84.2 Å². The zero-order chi connectivity index (χ0) is 23.2. The van der Waals surface area contributed by atoms with Crippen molar-refractivity contribution >= 4 is 12.1 Å². The van der Waals surface area contributed by atoms with Gasteiger partial charge < -0.3 is 9.13 Å². The molecule has 1 N–H and O–H groups in total. The summed E-state index contributed by atoms with van der Waals surface area (Å²) in [5.74, 6) is -0.243. The van der Waals surface area contributed by atoms with Crippen molar-refractivity contribution in [2.45, 2.75) is 40.0 Å². The van der Waals surface area contributed by atoms with Crippen molar-refractivity contribution in [2.75, 3.05) is 0 Å². The fourth-order valence-electron chi connectivity index (χ4n) is 4.11. The molecule has 4 aromatic rings. The van der Waals surface area contributed by atoms with Crippen molar-refractivity contribution in [1.82, 2.24) is 14.6 Å². The number of aromatic nitrogens is 2. The highest BCUT2D eigenvalue weighted by Gasteiger charge is 2.12. The maximum Gasteiger partial charge on any atom is 0.273 e. The van der Waals surface area contributed by atoms with E-state index in [2.05, 4.69) is 66.2 Å². The molecule has 0 aliphatic rings. The van der Waals surface area contributed by atoms with Gasteiger partial charge in [0.1, 0.15) is 0 Å². The second-order valence-corrected chi connectivity index (χ2v) is 8.24. The van der Waals surface area contributed by atoms with Crippen LogP contribution in [-0.4, -0.2) is 21.3 Å². The van der Waals surface area contributed by atoms with Gasteiger partial charge in [-0.2, -0.15) is 5.10 Å². The standard InChI is InChI=1S/C28H30N4O/c1-4-5-10-23-13-15-25(16-14-23)32-21(2)19-24(22(32)3)20-29-30-28(33)26-11-6-7-12-27(26)31-17-8-9-18-31/h6-9,11-20H,4-5,10H2,1-3H3,(H,30,33)/b29-20+. The van der Waals surface area contributed by atoms with E-state index in [1.165, 1.54) is 18.4 Å². The van der Waals surface area contributed by atoms with Crippen molar-refractivity contribution in [3.8, 4) is 11.4 Å². The monoisotopic (exact) mass is 438 g/mol. The summed E-state index contributed by atoms with van der Waals surface area (Å²) in [4.78, 5) is 12.8. The third kappa shape index (κ3) is 4.98. The summed E-state index contributed by atoms with van der Waals surface area (Å²) < 4.78 is 4.13. The van der Waals surface area contributed by atoms with E-state index in [1.54, 1.807) is 12.3 Å². The number of hydrogen-bond donors (Lipinski definition) is 1. The Morgan fingerprint density at radius 2 is 1.73 bits per heavy atom. The molecule has 0 atom stereocenters. The molecule has 0 bridgehead atoms. The van der Waals surface area contributed by atoms with E-state index in [0.717, 1.165) is 34.7 Å². The Labute approximate surface area is 195 Å². The van der Waals surface area contributed by atoms with Gasteiger partial charge in [0, 0.05) is 35.0 Å². The van der Waals surface area contributed by atoms with E-state index in [1.807, 2.05) is 47.3 Å². The minimum atomic E-state index is -0.243. The molecule has 5 nitrogen and oxygen atoms in total. The van der Waals surface area contributed by atoms with E-state index < -0.39 is 0 Å². The first-order valence-corrected chi connectivity index (χ1v) is 11.4. The molecule has 0 saturated carbocycles. The van der Waals surface area contributed by atoms with Crippen LogP contribution >= 0.6 is 0 Å². The number of rotatable bonds is 8. The highest BCUT2D eigenvalue weighted by molar-refractivity contribution is 5.98. The topological polar surface area (TPSA) is 51.3 Å². The average Bonchev–Trinajstić information content (AvgIpc) is 3.46. The number of carbonyl (C=O) groups is 1. The molecule has 0 spiro atoms. The maximum atomic E-state index is 12.8. The van der Waals surface area contributed by atoms with Gasteiger partial charge in [-0.25, -0.2) is 5.43 Å². The Hall–Kier alpha value is -3.86. The van der Waals surface area contributed by atoms with E-state index in [0.29, 0.717) is 5.56 Å². The molecule has 0 aliphatic carbocycles. The van der Waals surface area contributed by atoms with Crippen molar-refractivity contribution in [3.63, 3.8) is 0 Å². The van der Waals surface area contributed by atoms with Gasteiger partial charge in [-0.15, -0.1) is 0 Å². The molecule has 2 aromatic carbocycles. The van der Waals surface area contributed by atoms with Gasteiger partial charge in [-0.05, 0) is 74.7 Å². The summed E-state index contributed by atoms with van der Waals surface area (Å²) in [6.07, 6.45) is 9.08. The minimum Gasteiger partial charge on any atom is -0.323 e. The summed E-state index contributed by atoms with van der Waals surface area (Å²) >= 11 is 0. The first kappa shape index (κ1) is 22.3. The number of carbonyl (C=O) groups excluding carboxylic acids is 1. The first-order valence-electron chi connectivity index (χ1n) is 11.4. The smallest absolute Gasteiger partial charge is 0.273 e. The van der Waals surface area contributed by atoms with Crippen molar-refractivity contribution in [3.05, 3.63) is 107 Å². The second kappa shape index (κ2) is 10.2. The van der Waals surface area contributed by atoms with E-state index in [4.69, 9.17) is 0 Å². The Kier molecular flexibility index (Phi) is 6.89. The second-order valence-electron chi connectivity index (χ2n) is 8.24. The zero-order valence-electron chi connectivity index (χ0n) is 19.5. The third-order valence-electron chi connectivity index (χ3n) is 5.88. The number of amides is 1. The van der Waals surface area contributed by atoms with Gasteiger partial charge in [0.2, 0.25) is 0 Å². The fraction of sp³-hybridized carbons (Fsp3) is 0.214. The van der Waals surface area contributed by atoms with Crippen molar-refractivity contribution in [1.29, 1.82) is 0 Å². The summed E-state index contributed by atoms with van der Waals surface area (Å²) in [5.41, 5.74) is 9.75. The summed E-state index contributed by atoms with van der Waals surface area (Å²) in [6, 6.07) is 22.2. The SMILES string of the molecule is CCCCc1ccc(-n2c(C)cc(/C=N/NC(=O)c3ccccc3-n3cccc3)c2C)cc1. The maximum absolute atomic E-state index is 12.8. The first-order chi connectivity index (χ1) is 16.1. The van der Waals surface area contributed by atoms with Crippen LogP contribution in [0, 0.1) is 13.8 Å². The van der Waals surface area contributed by atoms with Gasteiger partial charge in [0.05, 0.1) is 17.5 Å². The molecule has 168 valence electrons. The van der Waals surface area contributed by atoms with Crippen LogP contribution in [0.5, 0.6) is 0 Å². The lowest BCUT2D eigenvalue weighted by Crippen LogP contribution is -2.19. The summed E-state index contributed by atoms with van der Waals surface area (Å²) in [6.45, 7) is 6.37. The molecule has 0 radical (unpaired) electrons. The third-order valence-corrected chi connectivity index (χ3v) is 5.88. The Bertz CT molecular complexity index is 1250. The molecular weight excluding hydrogens is 408 g/mol. The van der Waals surface area contributed by atoms with Gasteiger partial charge in [0.25, 0.3) is 5.91 Å². The van der Waals surface area contributed by atoms with Gasteiger partial charge >= 0.3 is 0 Å².